The lowest BCUT2D eigenvalue weighted by atomic mass is 9.86. The first kappa shape index (κ1) is 15.4. The van der Waals surface area contributed by atoms with Crippen LogP contribution in [0.4, 0.5) is 0 Å². The van der Waals surface area contributed by atoms with Crippen LogP contribution in [0.1, 0.15) is 44.2 Å². The molecule has 3 nitrogen and oxygen atoms in total. The lowest BCUT2D eigenvalue weighted by molar-refractivity contribution is -0.129. The second-order valence-corrected chi connectivity index (χ2v) is 7.50. The van der Waals surface area contributed by atoms with Crippen molar-refractivity contribution in [3.63, 3.8) is 0 Å². The van der Waals surface area contributed by atoms with E-state index in [9.17, 15) is 9.90 Å². The Balaban J connectivity index is 2.20. The fraction of sp³-hybridized carbons (Fsp3) is 0.562. The molecule has 0 aliphatic carbocycles. The summed E-state index contributed by atoms with van der Waals surface area (Å²) in [5, 5.41) is 9.58. The zero-order valence-corrected chi connectivity index (χ0v) is 13.4. The maximum atomic E-state index is 11.9. The Morgan fingerprint density at radius 1 is 1.35 bits per heavy atom. The molecule has 0 unspecified atom stereocenters. The number of nitrogens with zero attached hydrogens (tertiary/aromatic N) is 1. The number of rotatable bonds is 3. The zero-order chi connectivity index (χ0) is 14.9. The van der Waals surface area contributed by atoms with E-state index in [2.05, 4.69) is 45.0 Å². The first-order chi connectivity index (χ1) is 9.29. The van der Waals surface area contributed by atoms with Crippen LogP contribution in [0.25, 0.3) is 0 Å². The minimum absolute atomic E-state index is 0.0334. The summed E-state index contributed by atoms with van der Waals surface area (Å²) in [7, 11) is 0. The van der Waals surface area contributed by atoms with E-state index in [1.165, 1.54) is 5.56 Å². The molecule has 1 amide bonds. The summed E-state index contributed by atoms with van der Waals surface area (Å²) in [6.45, 7) is 8.69. The third-order valence-corrected chi connectivity index (χ3v) is 4.75. The molecule has 0 bridgehead atoms. The number of hydrogen-bond acceptors (Lipinski definition) is 3. The van der Waals surface area contributed by atoms with Crippen molar-refractivity contribution in [2.24, 2.45) is 0 Å². The monoisotopic (exact) mass is 293 g/mol. The van der Waals surface area contributed by atoms with Gasteiger partial charge in [0.15, 0.2) is 0 Å². The summed E-state index contributed by atoms with van der Waals surface area (Å²) >= 11 is 1.63. The second kappa shape index (κ2) is 5.78. The van der Waals surface area contributed by atoms with Crippen LogP contribution < -0.4 is 0 Å². The van der Waals surface area contributed by atoms with Gasteiger partial charge in [0, 0.05) is 6.54 Å². The number of hydrogen-bond donors (Lipinski definition) is 1. The van der Waals surface area contributed by atoms with Crippen LogP contribution in [0.3, 0.4) is 0 Å². The molecule has 20 heavy (non-hydrogen) atoms. The van der Waals surface area contributed by atoms with Crippen molar-refractivity contribution < 1.29 is 9.90 Å². The van der Waals surface area contributed by atoms with Gasteiger partial charge >= 0.3 is 0 Å². The van der Waals surface area contributed by atoms with E-state index >= 15 is 0 Å². The normalized spacial score (nSPS) is 21.4. The van der Waals surface area contributed by atoms with Gasteiger partial charge in [-0.2, -0.15) is 0 Å². The molecule has 1 aromatic carbocycles. The molecule has 1 aliphatic rings. The highest BCUT2D eigenvalue weighted by Crippen LogP contribution is 2.39. The van der Waals surface area contributed by atoms with Gasteiger partial charge in [0.2, 0.25) is 5.91 Å². The van der Waals surface area contributed by atoms with Crippen molar-refractivity contribution in [2.45, 2.75) is 44.6 Å². The quantitative estimate of drug-likeness (QED) is 0.931. The van der Waals surface area contributed by atoms with Crippen molar-refractivity contribution in [3.05, 3.63) is 35.4 Å². The lowest BCUT2D eigenvalue weighted by Crippen LogP contribution is -2.34. The van der Waals surface area contributed by atoms with Crippen molar-refractivity contribution >= 4 is 17.7 Å². The predicted octanol–water partition coefficient (Wildman–Crippen LogP) is 2.94. The van der Waals surface area contributed by atoms with Crippen LogP contribution >= 0.6 is 11.8 Å². The van der Waals surface area contributed by atoms with Gasteiger partial charge in [0.1, 0.15) is 5.37 Å². The molecule has 1 aromatic rings. The van der Waals surface area contributed by atoms with Gasteiger partial charge in [0.25, 0.3) is 0 Å². The van der Waals surface area contributed by atoms with Gasteiger partial charge in [-0.3, -0.25) is 4.79 Å². The molecule has 1 fully saturated rings. The van der Waals surface area contributed by atoms with Crippen LogP contribution in [0.2, 0.25) is 0 Å². The molecule has 2 atom stereocenters. The summed E-state index contributed by atoms with van der Waals surface area (Å²) in [6.07, 6.45) is -0.492. The van der Waals surface area contributed by atoms with Gasteiger partial charge in [-0.05, 0) is 23.5 Å². The number of thioether (sulfide) groups is 1. The first-order valence-electron chi connectivity index (χ1n) is 6.98. The van der Waals surface area contributed by atoms with Gasteiger partial charge < -0.3 is 10.0 Å². The Kier molecular flexibility index (Phi) is 4.45. The van der Waals surface area contributed by atoms with Crippen molar-refractivity contribution in [1.82, 2.24) is 4.90 Å². The van der Waals surface area contributed by atoms with Crippen molar-refractivity contribution in [1.29, 1.82) is 0 Å². The summed E-state index contributed by atoms with van der Waals surface area (Å²) in [4.78, 5) is 13.7. The fourth-order valence-corrected chi connectivity index (χ4v) is 3.56. The van der Waals surface area contributed by atoms with Crippen molar-refractivity contribution in [2.75, 3.05) is 12.3 Å². The fourth-order valence-electron chi connectivity index (χ4n) is 2.36. The van der Waals surface area contributed by atoms with Gasteiger partial charge in [-0.1, -0.05) is 45.0 Å². The maximum Gasteiger partial charge on any atom is 0.233 e. The molecule has 1 aliphatic heterocycles. The molecule has 1 saturated heterocycles. The SMILES string of the molecule is C[C@H](O)CN1C(=O)CS[C@@H]1c1ccc(C(C)(C)C)cc1. The highest BCUT2D eigenvalue weighted by Gasteiger charge is 2.33. The number of benzene rings is 1. The van der Waals surface area contributed by atoms with E-state index in [1.807, 2.05) is 0 Å². The number of amides is 1. The van der Waals surface area contributed by atoms with Crippen LogP contribution in [-0.2, 0) is 10.2 Å². The Labute approximate surface area is 125 Å². The standard InChI is InChI=1S/C16H23NO2S/c1-11(18)9-17-14(19)10-20-15(17)12-5-7-13(8-6-12)16(2,3)4/h5-8,11,15,18H,9-10H2,1-4H3/t11-,15+/m0/s1. The van der Waals surface area contributed by atoms with Gasteiger partial charge in [-0.15, -0.1) is 11.8 Å². The average Bonchev–Trinajstić information content (AvgIpc) is 2.70. The average molecular weight is 293 g/mol. The number of aliphatic hydroxyl groups excluding tert-OH is 1. The van der Waals surface area contributed by atoms with E-state index < -0.39 is 6.10 Å². The van der Waals surface area contributed by atoms with Crippen LogP contribution in [0, 0.1) is 0 Å². The smallest absolute Gasteiger partial charge is 0.233 e. The molecule has 0 radical (unpaired) electrons. The van der Waals surface area contributed by atoms with E-state index in [1.54, 1.807) is 23.6 Å². The number of β-amino-alcohol motifs (C(OH)–C–C–N with tert-alkyl or cyclic N) is 1. The van der Waals surface area contributed by atoms with E-state index in [4.69, 9.17) is 0 Å². The van der Waals surface area contributed by atoms with Crippen molar-refractivity contribution in [3.8, 4) is 0 Å². The molecular weight excluding hydrogens is 270 g/mol. The number of carbonyl (C=O) groups excluding carboxylic acids is 1. The minimum Gasteiger partial charge on any atom is -0.392 e. The van der Waals surface area contributed by atoms with E-state index in [-0.39, 0.29) is 16.7 Å². The number of aliphatic hydroxyl groups is 1. The molecule has 0 saturated carbocycles. The lowest BCUT2D eigenvalue weighted by Gasteiger charge is -2.26. The predicted molar refractivity (Wildman–Crippen MR) is 83.7 cm³/mol. The van der Waals surface area contributed by atoms with Crippen LogP contribution in [0.5, 0.6) is 0 Å². The second-order valence-electron chi connectivity index (χ2n) is 6.43. The Morgan fingerprint density at radius 3 is 2.45 bits per heavy atom. The zero-order valence-electron chi connectivity index (χ0n) is 12.6. The number of carbonyl (C=O) groups is 1. The summed E-state index contributed by atoms with van der Waals surface area (Å²) in [5.41, 5.74) is 2.56. The Hall–Kier alpha value is -1.00. The molecule has 0 aromatic heterocycles. The molecule has 2 rings (SSSR count). The molecule has 1 heterocycles. The summed E-state index contributed by atoms with van der Waals surface area (Å²) in [5.74, 6) is 0.610. The van der Waals surface area contributed by atoms with Gasteiger partial charge in [0.05, 0.1) is 11.9 Å². The van der Waals surface area contributed by atoms with E-state index in [0.717, 1.165) is 5.56 Å². The maximum absolute atomic E-state index is 11.9. The molecule has 4 heteroatoms. The first-order valence-corrected chi connectivity index (χ1v) is 8.03. The molecule has 1 N–H and O–H groups in total. The van der Waals surface area contributed by atoms with Crippen LogP contribution in [-0.4, -0.2) is 34.3 Å². The highest BCUT2D eigenvalue weighted by molar-refractivity contribution is 8.00. The van der Waals surface area contributed by atoms with Gasteiger partial charge in [-0.25, -0.2) is 0 Å². The Bertz CT molecular complexity index is 476. The topological polar surface area (TPSA) is 40.5 Å². The molecular formula is C16H23NO2S. The minimum atomic E-state index is -0.492. The van der Waals surface area contributed by atoms with E-state index in [0.29, 0.717) is 12.3 Å². The Morgan fingerprint density at radius 2 is 1.95 bits per heavy atom. The molecule has 110 valence electrons. The molecule has 0 spiro atoms. The third-order valence-electron chi connectivity index (χ3n) is 3.49. The van der Waals surface area contributed by atoms with Crippen LogP contribution in [0.15, 0.2) is 24.3 Å². The largest absolute Gasteiger partial charge is 0.392 e. The summed E-state index contributed by atoms with van der Waals surface area (Å²) in [6, 6.07) is 8.48. The summed E-state index contributed by atoms with van der Waals surface area (Å²) < 4.78 is 0. The third kappa shape index (κ3) is 3.36. The highest BCUT2D eigenvalue weighted by atomic mass is 32.2.